The molecule has 4 rings (SSSR count). The minimum absolute atomic E-state index is 0.153. The quantitative estimate of drug-likeness (QED) is 0.684. The van der Waals surface area contributed by atoms with Crippen LogP contribution in [0.25, 0.3) is 0 Å². The summed E-state index contributed by atoms with van der Waals surface area (Å²) in [6, 6.07) is 12.1. The number of halogens is 1. The molecular formula is C23H26FN5O4S. The third-order valence-corrected chi connectivity index (χ3v) is 7.20. The molecule has 0 radical (unpaired) electrons. The Morgan fingerprint density at radius 2 is 1.76 bits per heavy atom. The zero-order valence-electron chi connectivity index (χ0n) is 18.9. The summed E-state index contributed by atoms with van der Waals surface area (Å²) in [5.41, 5.74) is 1.55. The molecule has 2 N–H and O–H groups in total. The van der Waals surface area contributed by atoms with Crippen molar-refractivity contribution in [3.63, 3.8) is 0 Å². The van der Waals surface area contributed by atoms with Gasteiger partial charge in [-0.05, 0) is 31.0 Å². The summed E-state index contributed by atoms with van der Waals surface area (Å²) in [6.07, 6.45) is 1.04. The molecule has 1 saturated heterocycles. The maximum Gasteiger partial charge on any atom is 0.317 e. The first-order valence-corrected chi connectivity index (χ1v) is 12.7. The SMILES string of the molecule is CN1C(=O)C(NC(=O)NC2CCCN(S(C)(=O)=O)C2)N=C(c2ccccc2F)c2ccccc21. The van der Waals surface area contributed by atoms with E-state index in [2.05, 4.69) is 15.6 Å². The van der Waals surface area contributed by atoms with Crippen LogP contribution in [0.3, 0.4) is 0 Å². The summed E-state index contributed by atoms with van der Waals surface area (Å²) < 4.78 is 39.7. The zero-order chi connectivity index (χ0) is 24.5. The highest BCUT2D eigenvalue weighted by Gasteiger charge is 2.33. The monoisotopic (exact) mass is 487 g/mol. The number of anilines is 1. The minimum Gasteiger partial charge on any atom is -0.334 e. The Morgan fingerprint density at radius 3 is 2.47 bits per heavy atom. The number of likely N-dealkylation sites (N-methyl/N-ethyl adjacent to an activating group) is 1. The van der Waals surface area contributed by atoms with Gasteiger partial charge in [-0.1, -0.05) is 30.3 Å². The first-order chi connectivity index (χ1) is 16.1. The van der Waals surface area contributed by atoms with E-state index in [0.717, 1.165) is 6.26 Å². The van der Waals surface area contributed by atoms with E-state index in [0.29, 0.717) is 30.6 Å². The Morgan fingerprint density at radius 1 is 1.09 bits per heavy atom. The predicted octanol–water partition coefficient (Wildman–Crippen LogP) is 1.69. The number of nitrogens with one attached hydrogen (secondary N) is 2. The molecule has 3 amide bonds. The molecule has 34 heavy (non-hydrogen) atoms. The molecule has 0 aromatic heterocycles. The first kappa shape index (κ1) is 23.8. The second kappa shape index (κ2) is 9.51. The van der Waals surface area contributed by atoms with Crippen LogP contribution in [0.15, 0.2) is 53.5 Å². The number of fused-ring (bicyclic) bond motifs is 1. The molecular weight excluding hydrogens is 461 g/mol. The smallest absolute Gasteiger partial charge is 0.317 e. The molecule has 180 valence electrons. The van der Waals surface area contributed by atoms with Crippen molar-refractivity contribution in [3.05, 3.63) is 65.5 Å². The van der Waals surface area contributed by atoms with E-state index in [-0.39, 0.29) is 17.8 Å². The van der Waals surface area contributed by atoms with Gasteiger partial charge in [0.15, 0.2) is 0 Å². The third-order valence-electron chi connectivity index (χ3n) is 5.93. The van der Waals surface area contributed by atoms with Crippen molar-refractivity contribution in [2.24, 2.45) is 4.99 Å². The van der Waals surface area contributed by atoms with Crippen LogP contribution in [0.1, 0.15) is 24.0 Å². The maximum absolute atomic E-state index is 14.7. The molecule has 1 fully saturated rings. The summed E-state index contributed by atoms with van der Waals surface area (Å²) in [5, 5.41) is 5.32. The van der Waals surface area contributed by atoms with E-state index < -0.39 is 40.0 Å². The topological polar surface area (TPSA) is 111 Å². The van der Waals surface area contributed by atoms with Crippen LogP contribution >= 0.6 is 0 Å². The van der Waals surface area contributed by atoms with Crippen molar-refractivity contribution in [1.82, 2.24) is 14.9 Å². The van der Waals surface area contributed by atoms with Gasteiger partial charge in [-0.25, -0.2) is 26.9 Å². The fraction of sp³-hybridized carbons (Fsp3) is 0.348. The number of benzodiazepines with no additional fused rings is 1. The van der Waals surface area contributed by atoms with Gasteiger partial charge in [0.05, 0.1) is 17.7 Å². The van der Waals surface area contributed by atoms with Gasteiger partial charge in [0.2, 0.25) is 16.2 Å². The lowest BCUT2D eigenvalue weighted by molar-refractivity contribution is -0.119. The van der Waals surface area contributed by atoms with Gasteiger partial charge in [-0.2, -0.15) is 0 Å². The summed E-state index contributed by atoms with van der Waals surface area (Å²) in [4.78, 5) is 31.8. The number of amides is 3. The minimum atomic E-state index is -3.37. The van der Waals surface area contributed by atoms with Crippen LogP contribution < -0.4 is 15.5 Å². The number of sulfonamides is 1. The lowest BCUT2D eigenvalue weighted by Gasteiger charge is -2.31. The molecule has 2 aliphatic rings. The molecule has 2 aromatic carbocycles. The van der Waals surface area contributed by atoms with E-state index in [1.165, 1.54) is 15.3 Å². The highest BCUT2D eigenvalue weighted by molar-refractivity contribution is 7.88. The molecule has 2 atom stereocenters. The number of piperidine rings is 1. The highest BCUT2D eigenvalue weighted by Crippen LogP contribution is 2.28. The molecule has 2 unspecified atom stereocenters. The second-order valence-corrected chi connectivity index (χ2v) is 10.3. The van der Waals surface area contributed by atoms with Crippen LogP contribution in [0.4, 0.5) is 14.9 Å². The van der Waals surface area contributed by atoms with E-state index >= 15 is 0 Å². The summed E-state index contributed by atoms with van der Waals surface area (Å²) >= 11 is 0. The van der Waals surface area contributed by atoms with Crippen molar-refractivity contribution in [1.29, 1.82) is 0 Å². The largest absolute Gasteiger partial charge is 0.334 e. The number of hydrogen-bond donors (Lipinski definition) is 2. The fourth-order valence-electron chi connectivity index (χ4n) is 4.20. The molecule has 0 bridgehead atoms. The van der Waals surface area contributed by atoms with E-state index in [1.54, 1.807) is 49.5 Å². The number of carbonyl (C=O) groups is 2. The summed E-state index contributed by atoms with van der Waals surface area (Å²) in [5.74, 6) is -0.991. The molecule has 11 heteroatoms. The van der Waals surface area contributed by atoms with Gasteiger partial charge in [-0.3, -0.25) is 4.79 Å². The number of hydrogen-bond acceptors (Lipinski definition) is 5. The number of rotatable bonds is 4. The zero-order valence-corrected chi connectivity index (χ0v) is 19.7. The van der Waals surface area contributed by atoms with E-state index in [9.17, 15) is 22.4 Å². The Labute approximate surface area is 197 Å². The number of urea groups is 1. The third kappa shape index (κ3) is 4.95. The van der Waals surface area contributed by atoms with Gasteiger partial charge >= 0.3 is 6.03 Å². The number of benzene rings is 2. The van der Waals surface area contributed by atoms with Crippen molar-refractivity contribution >= 4 is 33.4 Å². The van der Waals surface area contributed by atoms with Gasteiger partial charge in [0, 0.05) is 37.3 Å². The highest BCUT2D eigenvalue weighted by atomic mass is 32.2. The van der Waals surface area contributed by atoms with Crippen LogP contribution in [0, 0.1) is 5.82 Å². The van der Waals surface area contributed by atoms with Crippen LogP contribution in [0.5, 0.6) is 0 Å². The normalized spacial score (nSPS) is 21.3. The van der Waals surface area contributed by atoms with Gasteiger partial charge in [0.1, 0.15) is 5.82 Å². The molecule has 0 saturated carbocycles. The Hall–Kier alpha value is -3.31. The fourth-order valence-corrected chi connectivity index (χ4v) is 5.11. The predicted molar refractivity (Wildman–Crippen MR) is 127 cm³/mol. The lowest BCUT2D eigenvalue weighted by atomic mass is 10.00. The number of aliphatic imine (C=N–C) groups is 1. The molecule has 0 spiro atoms. The average molecular weight is 488 g/mol. The molecule has 9 nitrogen and oxygen atoms in total. The summed E-state index contributed by atoms with van der Waals surface area (Å²) in [6.45, 7) is 0.555. The van der Waals surface area contributed by atoms with Crippen LogP contribution in [-0.4, -0.2) is 69.0 Å². The van der Waals surface area contributed by atoms with Crippen LogP contribution in [0.2, 0.25) is 0 Å². The van der Waals surface area contributed by atoms with Crippen molar-refractivity contribution in [2.75, 3.05) is 31.3 Å². The van der Waals surface area contributed by atoms with Crippen molar-refractivity contribution < 1.29 is 22.4 Å². The van der Waals surface area contributed by atoms with E-state index in [4.69, 9.17) is 0 Å². The number of para-hydroxylation sites is 1. The lowest BCUT2D eigenvalue weighted by Crippen LogP contribution is -2.55. The van der Waals surface area contributed by atoms with Gasteiger partial charge in [-0.15, -0.1) is 0 Å². The van der Waals surface area contributed by atoms with Gasteiger partial charge in [0.25, 0.3) is 5.91 Å². The molecule has 2 aromatic rings. The number of carbonyl (C=O) groups excluding carboxylic acids is 2. The summed E-state index contributed by atoms with van der Waals surface area (Å²) in [7, 11) is -1.80. The maximum atomic E-state index is 14.7. The van der Waals surface area contributed by atoms with Crippen molar-refractivity contribution in [2.45, 2.75) is 25.0 Å². The van der Waals surface area contributed by atoms with E-state index in [1.807, 2.05) is 0 Å². The number of nitrogens with zero attached hydrogens (tertiary/aromatic N) is 3. The Bertz CT molecular complexity index is 1250. The Kier molecular flexibility index (Phi) is 6.67. The van der Waals surface area contributed by atoms with Crippen LogP contribution in [-0.2, 0) is 14.8 Å². The van der Waals surface area contributed by atoms with Crippen molar-refractivity contribution in [3.8, 4) is 0 Å². The molecule has 2 aliphatic heterocycles. The van der Waals surface area contributed by atoms with Gasteiger partial charge < -0.3 is 15.5 Å². The average Bonchev–Trinajstić information content (AvgIpc) is 2.90. The molecule has 2 heterocycles. The second-order valence-electron chi connectivity index (χ2n) is 8.35. The standard InChI is InChI=1S/C23H26FN5O4S/c1-28-19-12-6-4-10-17(19)20(16-9-3-5-11-18(16)24)26-21(22(28)30)27-23(31)25-15-8-7-13-29(14-15)34(2,32)33/h3-6,9-12,15,21H,7-8,13-14H2,1-2H3,(H2,25,27,31). The molecule has 0 aliphatic carbocycles. The Balaban J connectivity index is 1.61. The first-order valence-electron chi connectivity index (χ1n) is 10.9.